The fourth-order valence-corrected chi connectivity index (χ4v) is 2.06. The average Bonchev–Trinajstić information content (AvgIpc) is 2.33. The number of hydrogen-bond acceptors (Lipinski definition) is 3. The monoisotopic (exact) mass is 276 g/mol. The standard InChI is InChI=1S/C12H24N2O3S/c1-5-6-10(11(15)16)13-12(17)14(3)9(2)7-8-18-4/h9-10H,5-8H2,1-4H3,(H,13,17)(H,15,16)/t9?,10-/m1/s1. The Morgan fingerprint density at radius 3 is 2.44 bits per heavy atom. The Labute approximate surface area is 113 Å². The Morgan fingerprint density at radius 2 is 2.00 bits per heavy atom. The molecule has 0 aromatic carbocycles. The molecule has 0 aliphatic heterocycles. The van der Waals surface area contributed by atoms with Crippen molar-refractivity contribution in [3.63, 3.8) is 0 Å². The summed E-state index contributed by atoms with van der Waals surface area (Å²) in [5.41, 5.74) is 0. The molecule has 0 radical (unpaired) electrons. The van der Waals surface area contributed by atoms with Gasteiger partial charge in [-0.15, -0.1) is 0 Å². The number of hydrogen-bond donors (Lipinski definition) is 2. The number of aliphatic carboxylic acids is 1. The molecule has 2 atom stereocenters. The predicted molar refractivity (Wildman–Crippen MR) is 75.1 cm³/mol. The number of rotatable bonds is 8. The van der Waals surface area contributed by atoms with Gasteiger partial charge in [0.15, 0.2) is 0 Å². The highest BCUT2D eigenvalue weighted by atomic mass is 32.2. The summed E-state index contributed by atoms with van der Waals surface area (Å²) >= 11 is 1.73. The number of nitrogens with one attached hydrogen (secondary N) is 1. The van der Waals surface area contributed by atoms with Gasteiger partial charge in [-0.25, -0.2) is 9.59 Å². The van der Waals surface area contributed by atoms with Gasteiger partial charge < -0.3 is 15.3 Å². The van der Waals surface area contributed by atoms with Gasteiger partial charge in [0.2, 0.25) is 0 Å². The smallest absolute Gasteiger partial charge is 0.326 e. The molecule has 0 aliphatic carbocycles. The molecule has 2 amide bonds. The van der Waals surface area contributed by atoms with E-state index in [2.05, 4.69) is 5.32 Å². The van der Waals surface area contributed by atoms with Crippen molar-refractivity contribution in [2.75, 3.05) is 19.1 Å². The summed E-state index contributed by atoms with van der Waals surface area (Å²) in [5, 5.41) is 11.5. The molecule has 0 aromatic rings. The second-order valence-electron chi connectivity index (χ2n) is 4.37. The molecular formula is C12H24N2O3S. The molecule has 6 heteroatoms. The number of carbonyl (C=O) groups is 2. The van der Waals surface area contributed by atoms with Crippen molar-refractivity contribution in [1.82, 2.24) is 10.2 Å². The zero-order valence-corrected chi connectivity index (χ0v) is 12.4. The molecular weight excluding hydrogens is 252 g/mol. The van der Waals surface area contributed by atoms with E-state index in [-0.39, 0.29) is 12.1 Å². The lowest BCUT2D eigenvalue weighted by Gasteiger charge is -2.26. The van der Waals surface area contributed by atoms with Gasteiger partial charge in [0.1, 0.15) is 6.04 Å². The van der Waals surface area contributed by atoms with Gasteiger partial charge in [-0.1, -0.05) is 13.3 Å². The van der Waals surface area contributed by atoms with Crippen molar-refractivity contribution in [3.05, 3.63) is 0 Å². The molecule has 106 valence electrons. The summed E-state index contributed by atoms with van der Waals surface area (Å²) in [7, 11) is 1.70. The lowest BCUT2D eigenvalue weighted by molar-refractivity contribution is -0.139. The Kier molecular flexibility index (Phi) is 8.62. The molecule has 2 N–H and O–H groups in total. The Balaban J connectivity index is 4.31. The number of amides is 2. The van der Waals surface area contributed by atoms with Gasteiger partial charge in [0.05, 0.1) is 0 Å². The number of carboxylic acids is 1. The number of urea groups is 1. The first-order valence-corrected chi connectivity index (χ1v) is 7.58. The fraction of sp³-hybridized carbons (Fsp3) is 0.833. The van der Waals surface area contributed by atoms with Gasteiger partial charge >= 0.3 is 12.0 Å². The maximum Gasteiger partial charge on any atom is 0.326 e. The molecule has 0 spiro atoms. The van der Waals surface area contributed by atoms with E-state index in [1.165, 1.54) is 0 Å². The van der Waals surface area contributed by atoms with E-state index >= 15 is 0 Å². The Bertz CT molecular complexity index is 274. The van der Waals surface area contributed by atoms with Crippen LogP contribution >= 0.6 is 11.8 Å². The molecule has 0 saturated carbocycles. The fourth-order valence-electron chi connectivity index (χ4n) is 1.48. The summed E-state index contributed by atoms with van der Waals surface area (Å²) in [4.78, 5) is 24.4. The number of nitrogens with zero attached hydrogens (tertiary/aromatic N) is 1. The lowest BCUT2D eigenvalue weighted by Crippen LogP contribution is -2.49. The highest BCUT2D eigenvalue weighted by molar-refractivity contribution is 7.98. The molecule has 0 fully saturated rings. The maximum absolute atomic E-state index is 11.9. The van der Waals surface area contributed by atoms with Gasteiger partial charge in [-0.3, -0.25) is 0 Å². The van der Waals surface area contributed by atoms with E-state index in [9.17, 15) is 9.59 Å². The Morgan fingerprint density at radius 1 is 1.39 bits per heavy atom. The normalized spacial score (nSPS) is 13.8. The maximum atomic E-state index is 11.9. The summed E-state index contributed by atoms with van der Waals surface area (Å²) in [5.74, 6) is 0.00574. The van der Waals surface area contributed by atoms with Crippen LogP contribution in [0.2, 0.25) is 0 Å². The summed E-state index contributed by atoms with van der Waals surface area (Å²) in [6.45, 7) is 3.86. The molecule has 0 rings (SSSR count). The lowest BCUT2D eigenvalue weighted by atomic mass is 10.1. The van der Waals surface area contributed by atoms with Crippen LogP contribution in [0.3, 0.4) is 0 Å². The van der Waals surface area contributed by atoms with Crippen molar-refractivity contribution in [3.8, 4) is 0 Å². The first kappa shape index (κ1) is 17.1. The minimum absolute atomic E-state index is 0.105. The van der Waals surface area contributed by atoms with E-state index in [1.807, 2.05) is 20.1 Å². The first-order chi connectivity index (χ1) is 8.43. The van der Waals surface area contributed by atoms with Crippen molar-refractivity contribution < 1.29 is 14.7 Å². The predicted octanol–water partition coefficient (Wildman–Crippen LogP) is 2.02. The number of carbonyl (C=O) groups excluding carboxylic acids is 1. The molecule has 18 heavy (non-hydrogen) atoms. The SMILES string of the molecule is CCC[C@@H](NC(=O)N(C)C(C)CCSC)C(=O)O. The third kappa shape index (κ3) is 6.14. The molecule has 5 nitrogen and oxygen atoms in total. The molecule has 0 saturated heterocycles. The van der Waals surface area contributed by atoms with E-state index in [1.54, 1.807) is 23.7 Å². The number of carboxylic acid groups (broad SMARTS) is 1. The van der Waals surface area contributed by atoms with E-state index in [4.69, 9.17) is 5.11 Å². The van der Waals surface area contributed by atoms with Crippen LogP contribution < -0.4 is 5.32 Å². The summed E-state index contributed by atoms with van der Waals surface area (Å²) < 4.78 is 0. The van der Waals surface area contributed by atoms with Crippen molar-refractivity contribution in [1.29, 1.82) is 0 Å². The molecule has 0 aromatic heterocycles. The average molecular weight is 276 g/mol. The minimum Gasteiger partial charge on any atom is -0.480 e. The summed E-state index contributed by atoms with van der Waals surface area (Å²) in [6.07, 6.45) is 4.10. The highest BCUT2D eigenvalue weighted by Crippen LogP contribution is 2.07. The van der Waals surface area contributed by atoms with Gasteiger partial charge in [0.25, 0.3) is 0 Å². The molecule has 0 aliphatic rings. The van der Waals surface area contributed by atoms with Crippen LogP contribution in [0.4, 0.5) is 4.79 Å². The molecule has 0 bridgehead atoms. The quantitative estimate of drug-likeness (QED) is 0.711. The first-order valence-electron chi connectivity index (χ1n) is 6.19. The van der Waals surface area contributed by atoms with Crippen LogP contribution in [-0.4, -0.2) is 53.1 Å². The van der Waals surface area contributed by atoms with Gasteiger partial charge in [-0.05, 0) is 31.8 Å². The third-order valence-electron chi connectivity index (χ3n) is 2.89. The van der Waals surface area contributed by atoms with Crippen LogP contribution in [0.1, 0.15) is 33.1 Å². The van der Waals surface area contributed by atoms with Crippen LogP contribution in [0, 0.1) is 0 Å². The second-order valence-corrected chi connectivity index (χ2v) is 5.36. The van der Waals surface area contributed by atoms with Gasteiger partial charge in [0, 0.05) is 13.1 Å². The van der Waals surface area contributed by atoms with Crippen molar-refractivity contribution in [2.45, 2.75) is 45.2 Å². The Hall–Kier alpha value is -0.910. The zero-order valence-electron chi connectivity index (χ0n) is 11.6. The van der Waals surface area contributed by atoms with Crippen LogP contribution in [0.25, 0.3) is 0 Å². The zero-order chi connectivity index (χ0) is 14.1. The van der Waals surface area contributed by atoms with Crippen LogP contribution in [0.5, 0.6) is 0 Å². The second kappa shape index (κ2) is 9.08. The van der Waals surface area contributed by atoms with Crippen LogP contribution in [0.15, 0.2) is 0 Å². The van der Waals surface area contributed by atoms with Crippen molar-refractivity contribution >= 4 is 23.8 Å². The highest BCUT2D eigenvalue weighted by Gasteiger charge is 2.22. The van der Waals surface area contributed by atoms with E-state index in [0.29, 0.717) is 6.42 Å². The molecule has 1 unspecified atom stereocenters. The third-order valence-corrected chi connectivity index (χ3v) is 3.54. The van der Waals surface area contributed by atoms with Crippen molar-refractivity contribution in [2.24, 2.45) is 0 Å². The molecule has 0 heterocycles. The number of thioether (sulfide) groups is 1. The van der Waals surface area contributed by atoms with E-state index in [0.717, 1.165) is 18.6 Å². The van der Waals surface area contributed by atoms with E-state index < -0.39 is 12.0 Å². The topological polar surface area (TPSA) is 69.6 Å². The summed E-state index contributed by atoms with van der Waals surface area (Å²) in [6, 6.07) is -1.00. The largest absolute Gasteiger partial charge is 0.480 e. The van der Waals surface area contributed by atoms with Gasteiger partial charge in [-0.2, -0.15) is 11.8 Å². The van der Waals surface area contributed by atoms with Crippen LogP contribution in [-0.2, 0) is 4.79 Å². The minimum atomic E-state index is -0.977.